The van der Waals surface area contributed by atoms with Crippen LogP contribution in [0.25, 0.3) is 0 Å². The monoisotopic (exact) mass is 648 g/mol. The van der Waals surface area contributed by atoms with Gasteiger partial charge >= 0.3 is 6.18 Å². The molecule has 1 heterocycles. The average Bonchev–Trinajstić information content (AvgIpc) is 3.45. The lowest BCUT2D eigenvalue weighted by atomic mass is 9.88. The second kappa shape index (κ2) is 15.0. The molecule has 2 atom stereocenters. The van der Waals surface area contributed by atoms with Crippen LogP contribution >= 0.6 is 12.2 Å². The van der Waals surface area contributed by atoms with E-state index in [1.807, 2.05) is 30.5 Å². The number of imidazole rings is 1. The highest BCUT2D eigenvalue weighted by molar-refractivity contribution is 7.80. The van der Waals surface area contributed by atoms with Crippen LogP contribution in [0.2, 0.25) is 0 Å². The maximum Gasteiger partial charge on any atom is 0.416 e. The molecule has 0 fully saturated rings. The third-order valence-electron chi connectivity index (χ3n) is 7.54. The largest absolute Gasteiger partial charge is 0.508 e. The van der Waals surface area contributed by atoms with E-state index in [2.05, 4.69) is 16.4 Å². The average molecular weight is 649 g/mol. The van der Waals surface area contributed by atoms with E-state index < -0.39 is 23.8 Å². The number of aromatic nitrogens is 2. The number of carbonyl (C=O) groups is 1. The number of nitriles is 1. The van der Waals surface area contributed by atoms with Crippen molar-refractivity contribution in [3.05, 3.63) is 113 Å². The summed E-state index contributed by atoms with van der Waals surface area (Å²) in [6.07, 6.45) is -2.11. The minimum absolute atomic E-state index is 0.00744. The Labute approximate surface area is 271 Å². The van der Waals surface area contributed by atoms with Crippen LogP contribution in [0.3, 0.4) is 0 Å². The number of aromatic hydroxyl groups is 1. The highest BCUT2D eigenvalue weighted by Gasteiger charge is 2.36. The van der Waals surface area contributed by atoms with Crippen molar-refractivity contribution in [2.75, 3.05) is 5.32 Å². The van der Waals surface area contributed by atoms with Gasteiger partial charge < -0.3 is 25.6 Å². The Bertz CT molecular complexity index is 1680. The molecule has 0 spiro atoms. The summed E-state index contributed by atoms with van der Waals surface area (Å²) in [5, 5.41) is 21.8. The van der Waals surface area contributed by atoms with Gasteiger partial charge in [0, 0.05) is 37.1 Å². The molecule has 0 saturated carbocycles. The van der Waals surface area contributed by atoms with E-state index >= 15 is 0 Å². The fourth-order valence-electron chi connectivity index (χ4n) is 5.19. The number of phenolic OH excluding ortho intramolecular Hbond substituents is 1. The highest BCUT2D eigenvalue weighted by Crippen LogP contribution is 2.33. The third kappa shape index (κ3) is 8.93. The van der Waals surface area contributed by atoms with Crippen molar-refractivity contribution < 1.29 is 23.1 Å². The van der Waals surface area contributed by atoms with Gasteiger partial charge in [-0.1, -0.05) is 44.2 Å². The molecule has 0 aliphatic heterocycles. The number of benzene rings is 3. The van der Waals surface area contributed by atoms with Gasteiger partial charge in [0.15, 0.2) is 5.11 Å². The van der Waals surface area contributed by atoms with Gasteiger partial charge in [0.2, 0.25) is 0 Å². The molecule has 3 aromatic carbocycles. The quantitative estimate of drug-likeness (QED) is 0.0907. The van der Waals surface area contributed by atoms with Gasteiger partial charge in [0.05, 0.1) is 35.6 Å². The van der Waals surface area contributed by atoms with Crippen LogP contribution in [0.15, 0.2) is 85.3 Å². The number of halogens is 3. The first-order valence-corrected chi connectivity index (χ1v) is 15.0. The van der Waals surface area contributed by atoms with E-state index in [1.165, 1.54) is 35.2 Å². The first-order chi connectivity index (χ1) is 21.8. The Morgan fingerprint density at radius 3 is 2.41 bits per heavy atom. The van der Waals surface area contributed by atoms with Gasteiger partial charge in [-0.25, -0.2) is 4.98 Å². The molecule has 0 aliphatic carbocycles. The van der Waals surface area contributed by atoms with E-state index in [9.17, 15) is 23.1 Å². The zero-order valence-electron chi connectivity index (χ0n) is 25.4. The Balaban J connectivity index is 1.64. The Hall–Kier alpha value is -4.73. The third-order valence-corrected chi connectivity index (χ3v) is 7.88. The van der Waals surface area contributed by atoms with Crippen LogP contribution < -0.4 is 11.1 Å². The van der Waals surface area contributed by atoms with E-state index in [4.69, 9.17) is 23.2 Å². The van der Waals surface area contributed by atoms with Crippen LogP contribution in [0, 0.1) is 23.2 Å². The molecule has 4 N–H and O–H groups in total. The normalized spacial score (nSPS) is 12.7. The number of nitrogens with two attached hydrogens (primary N) is 1. The lowest BCUT2D eigenvalue weighted by molar-refractivity contribution is -0.138. The van der Waals surface area contributed by atoms with Gasteiger partial charge in [0.1, 0.15) is 11.5 Å². The maximum absolute atomic E-state index is 14.0. The molecule has 12 heteroatoms. The number of Topliss-reactive ketones (excluding diaryl/α,β-unsaturated/α-hetero) is 1. The molecule has 0 amide bonds. The van der Waals surface area contributed by atoms with Crippen molar-refractivity contribution in [1.82, 2.24) is 14.5 Å². The zero-order valence-corrected chi connectivity index (χ0v) is 26.2. The van der Waals surface area contributed by atoms with Crippen LogP contribution in [-0.4, -0.2) is 36.6 Å². The minimum Gasteiger partial charge on any atom is -0.508 e. The molecule has 4 aromatic rings. The van der Waals surface area contributed by atoms with Crippen molar-refractivity contribution in [1.29, 1.82) is 5.26 Å². The lowest BCUT2D eigenvalue weighted by Crippen LogP contribution is -2.53. The summed E-state index contributed by atoms with van der Waals surface area (Å²) >= 11 is 5.69. The van der Waals surface area contributed by atoms with Crippen LogP contribution in [0.4, 0.5) is 18.9 Å². The minimum atomic E-state index is -4.61. The van der Waals surface area contributed by atoms with Crippen LogP contribution in [0.1, 0.15) is 48.2 Å². The SMILES string of the molecule is CC(C)C[C@H](C(=O)Cc1cncn1Cc1ccc(C#N)cc1)C(N)N(Cc1ccccc1C(F)(F)F)C(=S)Nc1ccc(O)cc1. The number of rotatable bonds is 12. The molecule has 4 rings (SSSR count). The molecular weight excluding hydrogens is 613 g/mol. The molecule has 0 saturated heterocycles. The maximum atomic E-state index is 14.0. The number of carbonyl (C=O) groups excluding carboxylic acids is 1. The molecule has 1 unspecified atom stereocenters. The number of thiocarbonyl (C=S) groups is 1. The molecule has 0 aliphatic rings. The van der Waals surface area contributed by atoms with Gasteiger partial charge in [-0.2, -0.15) is 18.4 Å². The number of anilines is 1. The second-order valence-electron chi connectivity index (χ2n) is 11.5. The van der Waals surface area contributed by atoms with Crippen molar-refractivity contribution in [2.45, 2.75) is 52.1 Å². The van der Waals surface area contributed by atoms with E-state index in [1.54, 1.807) is 36.8 Å². The first kappa shape index (κ1) is 34.1. The van der Waals surface area contributed by atoms with Gasteiger partial charge in [-0.15, -0.1) is 0 Å². The molecule has 8 nitrogen and oxygen atoms in total. The highest BCUT2D eigenvalue weighted by atomic mass is 32.1. The summed E-state index contributed by atoms with van der Waals surface area (Å²) < 4.78 is 43.8. The number of phenols is 1. The van der Waals surface area contributed by atoms with Crippen molar-refractivity contribution in [3.63, 3.8) is 0 Å². The Morgan fingerprint density at radius 1 is 1.11 bits per heavy atom. The van der Waals surface area contributed by atoms with E-state index in [0.29, 0.717) is 29.9 Å². The predicted molar refractivity (Wildman–Crippen MR) is 173 cm³/mol. The summed E-state index contributed by atoms with van der Waals surface area (Å²) in [4.78, 5) is 19.7. The van der Waals surface area contributed by atoms with E-state index in [-0.39, 0.29) is 41.1 Å². The fraction of sp³-hybridized carbons (Fsp3) is 0.294. The Kier molecular flexibility index (Phi) is 11.2. The number of nitrogens with zero attached hydrogens (tertiary/aromatic N) is 4. The van der Waals surface area contributed by atoms with Crippen molar-refractivity contribution in [3.8, 4) is 11.8 Å². The zero-order chi connectivity index (χ0) is 33.4. The Morgan fingerprint density at radius 2 is 1.78 bits per heavy atom. The predicted octanol–water partition coefficient (Wildman–Crippen LogP) is 6.49. The van der Waals surface area contributed by atoms with Crippen molar-refractivity contribution >= 4 is 28.8 Å². The number of hydrogen-bond donors (Lipinski definition) is 3. The summed E-state index contributed by atoms with van der Waals surface area (Å²) in [7, 11) is 0. The molecule has 0 radical (unpaired) electrons. The molecular formula is C34H35F3N6O2S. The second-order valence-corrected chi connectivity index (χ2v) is 11.8. The smallest absolute Gasteiger partial charge is 0.416 e. The fourth-order valence-corrected chi connectivity index (χ4v) is 5.49. The van der Waals surface area contributed by atoms with E-state index in [0.717, 1.165) is 11.6 Å². The number of ketones is 1. The summed E-state index contributed by atoms with van der Waals surface area (Å²) in [5.74, 6) is -0.933. The first-order valence-electron chi connectivity index (χ1n) is 14.6. The standard InChI is InChI=1S/C34H35F3N6O2S/c1-22(2)15-29(31(45)16-27-18-40-21-42(27)19-24-9-7-23(17-38)8-10-24)32(39)43(33(46)41-26-11-13-28(44)14-12-26)20-25-5-3-4-6-30(25)34(35,36)37/h3-14,18,21-22,29,32,44H,15-16,19-20,39H2,1-2H3,(H,41,46)/t29-,32?/m1/s1. The number of nitrogens with one attached hydrogen (secondary N) is 1. The molecule has 240 valence electrons. The molecule has 46 heavy (non-hydrogen) atoms. The lowest BCUT2D eigenvalue weighted by Gasteiger charge is -2.37. The number of hydrogen-bond acceptors (Lipinski definition) is 6. The van der Waals surface area contributed by atoms with Gasteiger partial charge in [-0.3, -0.25) is 4.79 Å². The van der Waals surface area contributed by atoms with Gasteiger partial charge in [0.25, 0.3) is 0 Å². The summed E-state index contributed by atoms with van der Waals surface area (Å²) in [5.41, 5.74) is 8.55. The van der Waals surface area contributed by atoms with Crippen LogP contribution in [0.5, 0.6) is 5.75 Å². The summed E-state index contributed by atoms with van der Waals surface area (Å²) in [6, 6.07) is 20.4. The number of alkyl halides is 3. The van der Waals surface area contributed by atoms with Gasteiger partial charge in [-0.05, 0) is 78.1 Å². The molecule has 0 bridgehead atoms. The van der Waals surface area contributed by atoms with Crippen molar-refractivity contribution in [2.24, 2.45) is 17.6 Å². The summed E-state index contributed by atoms with van der Waals surface area (Å²) in [6.45, 7) is 4.01. The topological polar surface area (TPSA) is 120 Å². The van der Waals surface area contributed by atoms with Crippen LogP contribution in [-0.2, 0) is 30.5 Å². The molecule has 1 aromatic heterocycles.